The van der Waals surface area contributed by atoms with Gasteiger partial charge in [-0.25, -0.2) is 0 Å². The zero-order chi connectivity index (χ0) is 16.9. The third-order valence-electron chi connectivity index (χ3n) is 5.46. The van der Waals surface area contributed by atoms with E-state index in [-0.39, 0.29) is 11.9 Å². The van der Waals surface area contributed by atoms with Crippen molar-refractivity contribution >= 4 is 5.91 Å². The minimum absolute atomic E-state index is 0.156. The zero-order valence-electron chi connectivity index (χ0n) is 15.3. The Morgan fingerprint density at radius 2 is 2.04 bits per heavy atom. The van der Waals surface area contributed by atoms with Crippen molar-refractivity contribution in [3.8, 4) is 0 Å². The Bertz CT molecular complexity index is 569. The summed E-state index contributed by atoms with van der Waals surface area (Å²) in [5.41, 5.74) is 4.10. The molecule has 1 aromatic rings. The van der Waals surface area contributed by atoms with Crippen molar-refractivity contribution in [2.45, 2.75) is 64.8 Å². The van der Waals surface area contributed by atoms with Crippen LogP contribution in [0.15, 0.2) is 18.2 Å². The van der Waals surface area contributed by atoms with E-state index < -0.39 is 0 Å². The number of nitrogens with one attached hydrogen (secondary N) is 1. The van der Waals surface area contributed by atoms with Gasteiger partial charge in [0.1, 0.15) is 0 Å². The van der Waals surface area contributed by atoms with Gasteiger partial charge >= 0.3 is 0 Å². The van der Waals surface area contributed by atoms with Crippen LogP contribution in [-0.2, 0) is 24.1 Å². The van der Waals surface area contributed by atoms with E-state index >= 15 is 0 Å². The molecule has 3 heteroatoms. The number of hydrogen-bond donors (Lipinski definition) is 1. The van der Waals surface area contributed by atoms with Crippen LogP contribution in [0, 0.1) is 5.92 Å². The fraction of sp³-hybridized carbons (Fsp3) is 0.667. The smallest absolute Gasteiger partial charge is 0.224 e. The Morgan fingerprint density at radius 3 is 2.83 bits per heavy atom. The van der Waals surface area contributed by atoms with Gasteiger partial charge in [-0.05, 0) is 74.6 Å². The second-order valence-corrected chi connectivity index (χ2v) is 7.96. The van der Waals surface area contributed by atoms with Crippen molar-refractivity contribution in [2.75, 3.05) is 19.6 Å². The molecule has 0 bridgehead atoms. The number of carbonyl (C=O) groups excluding carboxylic acids is 1. The molecule has 1 amide bonds. The summed E-state index contributed by atoms with van der Waals surface area (Å²) in [6, 6.07) is 6.85. The molecule has 1 heterocycles. The fourth-order valence-electron chi connectivity index (χ4n) is 4.29. The molecule has 0 aromatic heterocycles. The van der Waals surface area contributed by atoms with E-state index in [1.54, 1.807) is 0 Å². The SMILES string of the molecule is CC1CCCN(CC(C)NC(=O)Cc2ccc3c(c2)CCCC3)C1. The normalized spacial score (nSPS) is 22.7. The first-order valence-corrected chi connectivity index (χ1v) is 9.72. The van der Waals surface area contributed by atoms with Crippen LogP contribution >= 0.6 is 0 Å². The lowest BCUT2D eigenvalue weighted by Gasteiger charge is -2.32. The topological polar surface area (TPSA) is 32.3 Å². The van der Waals surface area contributed by atoms with Crippen molar-refractivity contribution in [1.82, 2.24) is 10.2 Å². The Morgan fingerprint density at radius 1 is 1.25 bits per heavy atom. The molecule has 0 spiro atoms. The molecular formula is C21H32N2O. The van der Waals surface area contributed by atoms with Gasteiger partial charge in [0.2, 0.25) is 5.91 Å². The Hall–Kier alpha value is -1.35. The van der Waals surface area contributed by atoms with Crippen molar-refractivity contribution < 1.29 is 4.79 Å². The molecule has 2 aliphatic rings. The molecule has 1 aromatic carbocycles. The summed E-state index contributed by atoms with van der Waals surface area (Å²) in [6.45, 7) is 7.77. The number of amides is 1. The molecule has 0 saturated carbocycles. The largest absolute Gasteiger partial charge is 0.352 e. The molecule has 1 N–H and O–H groups in total. The first-order valence-electron chi connectivity index (χ1n) is 9.72. The predicted molar refractivity (Wildman–Crippen MR) is 99.2 cm³/mol. The van der Waals surface area contributed by atoms with Gasteiger partial charge < -0.3 is 10.2 Å². The van der Waals surface area contributed by atoms with Crippen LogP contribution < -0.4 is 5.32 Å². The predicted octanol–water partition coefficient (Wildman–Crippen LogP) is 3.34. The van der Waals surface area contributed by atoms with Crippen molar-refractivity contribution in [2.24, 2.45) is 5.92 Å². The average molecular weight is 329 g/mol. The van der Waals surface area contributed by atoms with Crippen LogP contribution in [0.25, 0.3) is 0 Å². The molecule has 1 aliphatic carbocycles. The van der Waals surface area contributed by atoms with Gasteiger partial charge in [0.15, 0.2) is 0 Å². The summed E-state index contributed by atoms with van der Waals surface area (Å²) in [6.07, 6.45) is 8.11. The molecule has 1 fully saturated rings. The molecule has 132 valence electrons. The molecule has 0 radical (unpaired) electrons. The lowest BCUT2D eigenvalue weighted by Crippen LogP contribution is -2.45. The number of hydrogen-bond acceptors (Lipinski definition) is 2. The van der Waals surface area contributed by atoms with E-state index in [2.05, 4.69) is 42.3 Å². The molecular weight excluding hydrogens is 296 g/mol. The number of benzene rings is 1. The highest BCUT2D eigenvalue weighted by atomic mass is 16.1. The highest BCUT2D eigenvalue weighted by Gasteiger charge is 2.19. The van der Waals surface area contributed by atoms with Gasteiger partial charge in [-0.3, -0.25) is 4.79 Å². The molecule has 3 nitrogen and oxygen atoms in total. The fourth-order valence-corrected chi connectivity index (χ4v) is 4.29. The molecule has 1 aliphatic heterocycles. The molecule has 2 unspecified atom stereocenters. The number of aryl methyl sites for hydroxylation is 2. The highest BCUT2D eigenvalue weighted by molar-refractivity contribution is 5.78. The van der Waals surface area contributed by atoms with Crippen LogP contribution in [-0.4, -0.2) is 36.5 Å². The average Bonchev–Trinajstić information content (AvgIpc) is 2.54. The number of carbonyl (C=O) groups is 1. The van der Waals surface area contributed by atoms with Crippen molar-refractivity contribution in [1.29, 1.82) is 0 Å². The maximum absolute atomic E-state index is 12.4. The van der Waals surface area contributed by atoms with Crippen LogP contribution in [0.2, 0.25) is 0 Å². The quantitative estimate of drug-likeness (QED) is 0.899. The van der Waals surface area contributed by atoms with Crippen LogP contribution in [0.3, 0.4) is 0 Å². The summed E-state index contributed by atoms with van der Waals surface area (Å²) in [5.74, 6) is 0.945. The van der Waals surface area contributed by atoms with Gasteiger partial charge in [-0.15, -0.1) is 0 Å². The first kappa shape index (κ1) is 17.5. The Kier molecular flexibility index (Phi) is 5.94. The molecule has 3 rings (SSSR count). The van der Waals surface area contributed by atoms with Gasteiger partial charge in [0, 0.05) is 19.1 Å². The number of fused-ring (bicyclic) bond motifs is 1. The van der Waals surface area contributed by atoms with Crippen LogP contribution in [0.5, 0.6) is 0 Å². The molecule has 2 atom stereocenters. The van der Waals surface area contributed by atoms with Crippen LogP contribution in [0.4, 0.5) is 0 Å². The summed E-state index contributed by atoms with van der Waals surface area (Å²) in [5, 5.41) is 3.19. The summed E-state index contributed by atoms with van der Waals surface area (Å²) < 4.78 is 0. The Balaban J connectivity index is 1.48. The lowest BCUT2D eigenvalue weighted by molar-refractivity contribution is -0.121. The van der Waals surface area contributed by atoms with Gasteiger partial charge in [0.05, 0.1) is 6.42 Å². The number of likely N-dealkylation sites (tertiary alicyclic amines) is 1. The van der Waals surface area contributed by atoms with E-state index in [0.717, 1.165) is 18.0 Å². The van der Waals surface area contributed by atoms with E-state index in [0.29, 0.717) is 6.42 Å². The minimum atomic E-state index is 0.156. The number of nitrogens with zero attached hydrogens (tertiary/aromatic N) is 1. The van der Waals surface area contributed by atoms with E-state index in [1.807, 2.05) is 0 Å². The molecule has 24 heavy (non-hydrogen) atoms. The Labute approximate surface area is 146 Å². The van der Waals surface area contributed by atoms with Crippen LogP contribution in [0.1, 0.15) is 56.2 Å². The van der Waals surface area contributed by atoms with Gasteiger partial charge in [-0.2, -0.15) is 0 Å². The maximum atomic E-state index is 12.4. The van der Waals surface area contributed by atoms with E-state index in [1.165, 1.54) is 62.7 Å². The number of piperidine rings is 1. The minimum Gasteiger partial charge on any atom is -0.352 e. The second kappa shape index (κ2) is 8.15. The lowest BCUT2D eigenvalue weighted by atomic mass is 9.90. The van der Waals surface area contributed by atoms with Gasteiger partial charge in [0.25, 0.3) is 0 Å². The second-order valence-electron chi connectivity index (χ2n) is 7.96. The third-order valence-corrected chi connectivity index (χ3v) is 5.46. The molecule has 1 saturated heterocycles. The van der Waals surface area contributed by atoms with Gasteiger partial charge in [-0.1, -0.05) is 25.1 Å². The third kappa shape index (κ3) is 4.83. The first-order chi connectivity index (χ1) is 11.6. The summed E-state index contributed by atoms with van der Waals surface area (Å²) in [4.78, 5) is 14.9. The van der Waals surface area contributed by atoms with Crippen molar-refractivity contribution in [3.63, 3.8) is 0 Å². The van der Waals surface area contributed by atoms with Crippen molar-refractivity contribution in [3.05, 3.63) is 34.9 Å². The van der Waals surface area contributed by atoms with E-state index in [4.69, 9.17) is 0 Å². The van der Waals surface area contributed by atoms with E-state index in [9.17, 15) is 4.79 Å². The maximum Gasteiger partial charge on any atom is 0.224 e. The summed E-state index contributed by atoms with van der Waals surface area (Å²) in [7, 11) is 0. The zero-order valence-corrected chi connectivity index (χ0v) is 15.3. The highest BCUT2D eigenvalue weighted by Crippen LogP contribution is 2.22. The number of rotatable bonds is 5. The standard InChI is InChI=1S/C21H32N2O/c1-16-6-5-11-23(14-16)15-17(2)22-21(24)13-18-9-10-19-7-3-4-8-20(19)12-18/h9-10,12,16-17H,3-8,11,13-15H2,1-2H3,(H,22,24). The summed E-state index contributed by atoms with van der Waals surface area (Å²) >= 11 is 0. The monoisotopic (exact) mass is 328 g/mol.